The fourth-order valence-electron chi connectivity index (χ4n) is 2.16. The molecule has 0 aliphatic carbocycles. The molecule has 0 saturated carbocycles. The predicted octanol–water partition coefficient (Wildman–Crippen LogP) is 4.04. The van der Waals surface area contributed by atoms with Crippen LogP contribution in [0.25, 0.3) is 6.08 Å². The standard InChI is InChI=1S/C16H16Cl2N2O2/c1-10-12(7-8-16(21)22-3)11(2)20(19-10)9-13-14(17)5-4-6-15(13)18/h4-8H,9H2,1-3H3/b8-7+. The van der Waals surface area contributed by atoms with Crippen LogP contribution in [0.2, 0.25) is 10.0 Å². The predicted molar refractivity (Wildman–Crippen MR) is 88.3 cm³/mol. The van der Waals surface area contributed by atoms with Crippen molar-refractivity contribution in [2.24, 2.45) is 0 Å². The number of aromatic nitrogens is 2. The maximum Gasteiger partial charge on any atom is 0.330 e. The molecule has 4 nitrogen and oxygen atoms in total. The van der Waals surface area contributed by atoms with Crippen molar-refractivity contribution in [2.75, 3.05) is 7.11 Å². The third kappa shape index (κ3) is 3.51. The Morgan fingerprint density at radius 1 is 1.32 bits per heavy atom. The summed E-state index contributed by atoms with van der Waals surface area (Å²) in [5, 5.41) is 5.69. The first kappa shape index (κ1) is 16.6. The first-order chi connectivity index (χ1) is 10.4. The summed E-state index contributed by atoms with van der Waals surface area (Å²) in [5.74, 6) is -0.402. The number of hydrogen-bond acceptors (Lipinski definition) is 3. The van der Waals surface area contributed by atoms with E-state index >= 15 is 0 Å². The van der Waals surface area contributed by atoms with Crippen LogP contribution in [0.3, 0.4) is 0 Å². The second kappa shape index (κ2) is 6.99. The summed E-state index contributed by atoms with van der Waals surface area (Å²) in [6.45, 7) is 4.29. The van der Waals surface area contributed by atoms with E-state index in [0.29, 0.717) is 16.6 Å². The van der Waals surface area contributed by atoms with Gasteiger partial charge in [-0.25, -0.2) is 4.79 Å². The topological polar surface area (TPSA) is 44.1 Å². The number of benzene rings is 1. The Balaban J connectivity index is 2.34. The van der Waals surface area contributed by atoms with Gasteiger partial charge in [0.15, 0.2) is 0 Å². The van der Waals surface area contributed by atoms with Gasteiger partial charge in [0.1, 0.15) is 0 Å². The molecule has 0 aliphatic rings. The molecule has 0 N–H and O–H groups in total. The summed E-state index contributed by atoms with van der Waals surface area (Å²) in [6.07, 6.45) is 3.08. The molecule has 6 heteroatoms. The molecule has 0 aliphatic heterocycles. The van der Waals surface area contributed by atoms with E-state index in [1.165, 1.54) is 13.2 Å². The summed E-state index contributed by atoms with van der Waals surface area (Å²) in [6, 6.07) is 5.40. The summed E-state index contributed by atoms with van der Waals surface area (Å²) < 4.78 is 6.42. The summed E-state index contributed by atoms with van der Waals surface area (Å²) in [4.78, 5) is 11.2. The molecule has 0 radical (unpaired) electrons. The molecule has 1 aromatic heterocycles. The Hall–Kier alpha value is -1.78. The van der Waals surface area contributed by atoms with Crippen LogP contribution in [0.1, 0.15) is 22.5 Å². The van der Waals surface area contributed by atoms with Gasteiger partial charge >= 0.3 is 5.97 Å². The van der Waals surface area contributed by atoms with Gasteiger partial charge in [-0.3, -0.25) is 4.68 Å². The molecule has 0 unspecified atom stereocenters. The third-order valence-electron chi connectivity index (χ3n) is 3.39. The van der Waals surface area contributed by atoms with Gasteiger partial charge in [0.25, 0.3) is 0 Å². The van der Waals surface area contributed by atoms with Gasteiger partial charge in [-0.1, -0.05) is 29.3 Å². The maximum atomic E-state index is 11.2. The van der Waals surface area contributed by atoms with Gasteiger partial charge in [0.05, 0.1) is 19.3 Å². The molecule has 0 spiro atoms. The second-order valence-electron chi connectivity index (χ2n) is 4.80. The number of carbonyl (C=O) groups is 1. The zero-order chi connectivity index (χ0) is 16.3. The number of methoxy groups -OCH3 is 1. The van der Waals surface area contributed by atoms with Gasteiger partial charge < -0.3 is 4.74 Å². The van der Waals surface area contributed by atoms with Crippen LogP contribution in [0.4, 0.5) is 0 Å². The zero-order valence-electron chi connectivity index (χ0n) is 12.6. The number of halogens is 2. The minimum absolute atomic E-state index is 0.402. The number of aryl methyl sites for hydroxylation is 1. The average Bonchev–Trinajstić information content (AvgIpc) is 2.75. The lowest BCUT2D eigenvalue weighted by molar-refractivity contribution is -0.134. The quantitative estimate of drug-likeness (QED) is 0.624. The summed E-state index contributed by atoms with van der Waals surface area (Å²) in [7, 11) is 1.34. The van der Waals surface area contributed by atoms with Crippen molar-refractivity contribution in [1.29, 1.82) is 0 Å². The Morgan fingerprint density at radius 3 is 2.55 bits per heavy atom. The van der Waals surface area contributed by atoms with Crippen LogP contribution in [-0.4, -0.2) is 22.9 Å². The van der Waals surface area contributed by atoms with Crippen LogP contribution in [0, 0.1) is 13.8 Å². The van der Waals surface area contributed by atoms with Crippen molar-refractivity contribution in [1.82, 2.24) is 9.78 Å². The number of hydrogen-bond donors (Lipinski definition) is 0. The highest BCUT2D eigenvalue weighted by atomic mass is 35.5. The van der Waals surface area contributed by atoms with E-state index in [9.17, 15) is 4.79 Å². The first-order valence-corrected chi connectivity index (χ1v) is 7.42. The second-order valence-corrected chi connectivity index (χ2v) is 5.61. The van der Waals surface area contributed by atoms with Crippen LogP contribution in [0.5, 0.6) is 0 Å². The molecular weight excluding hydrogens is 323 g/mol. The number of carbonyl (C=O) groups excluding carboxylic acids is 1. The van der Waals surface area contributed by atoms with E-state index in [-0.39, 0.29) is 0 Å². The number of nitrogens with zero attached hydrogens (tertiary/aromatic N) is 2. The van der Waals surface area contributed by atoms with Crippen molar-refractivity contribution in [2.45, 2.75) is 20.4 Å². The van der Waals surface area contributed by atoms with Crippen molar-refractivity contribution < 1.29 is 9.53 Å². The molecular formula is C16H16Cl2N2O2. The smallest absolute Gasteiger partial charge is 0.330 e. The Bertz CT molecular complexity index is 716. The molecule has 1 aromatic carbocycles. The fourth-order valence-corrected chi connectivity index (χ4v) is 2.68. The fraction of sp³-hybridized carbons (Fsp3) is 0.250. The van der Waals surface area contributed by atoms with Crippen LogP contribution in [0.15, 0.2) is 24.3 Å². The van der Waals surface area contributed by atoms with Gasteiger partial charge in [-0.05, 0) is 32.1 Å². The van der Waals surface area contributed by atoms with E-state index in [4.69, 9.17) is 23.2 Å². The van der Waals surface area contributed by atoms with E-state index in [0.717, 1.165) is 22.5 Å². The molecule has 0 atom stereocenters. The van der Waals surface area contributed by atoms with Crippen LogP contribution in [-0.2, 0) is 16.1 Å². The third-order valence-corrected chi connectivity index (χ3v) is 4.10. The monoisotopic (exact) mass is 338 g/mol. The lowest BCUT2D eigenvalue weighted by Crippen LogP contribution is -2.05. The van der Waals surface area contributed by atoms with E-state index in [2.05, 4.69) is 9.84 Å². The molecule has 116 valence electrons. The normalized spacial score (nSPS) is 11.1. The van der Waals surface area contributed by atoms with E-state index < -0.39 is 5.97 Å². The average molecular weight is 339 g/mol. The summed E-state index contributed by atoms with van der Waals surface area (Å²) >= 11 is 12.4. The molecule has 0 bridgehead atoms. The largest absolute Gasteiger partial charge is 0.466 e. The molecule has 2 rings (SSSR count). The lowest BCUT2D eigenvalue weighted by Gasteiger charge is -2.09. The maximum absolute atomic E-state index is 11.2. The highest BCUT2D eigenvalue weighted by Crippen LogP contribution is 2.26. The van der Waals surface area contributed by atoms with Crippen molar-refractivity contribution in [3.63, 3.8) is 0 Å². The van der Waals surface area contributed by atoms with Crippen molar-refractivity contribution in [3.05, 3.63) is 56.8 Å². The van der Waals surface area contributed by atoms with Crippen molar-refractivity contribution in [3.8, 4) is 0 Å². The van der Waals surface area contributed by atoms with Crippen LogP contribution < -0.4 is 0 Å². The van der Waals surface area contributed by atoms with Gasteiger partial charge in [-0.2, -0.15) is 5.10 Å². The number of esters is 1. The Morgan fingerprint density at radius 2 is 1.95 bits per heavy atom. The van der Waals surface area contributed by atoms with Gasteiger partial charge in [0, 0.05) is 32.9 Å². The first-order valence-electron chi connectivity index (χ1n) is 6.67. The molecule has 1 heterocycles. The lowest BCUT2D eigenvalue weighted by atomic mass is 10.1. The van der Waals surface area contributed by atoms with Crippen LogP contribution >= 0.6 is 23.2 Å². The van der Waals surface area contributed by atoms with Crippen molar-refractivity contribution >= 4 is 35.2 Å². The molecule has 0 saturated heterocycles. The minimum atomic E-state index is -0.402. The van der Waals surface area contributed by atoms with Gasteiger partial charge in [0.2, 0.25) is 0 Å². The number of rotatable bonds is 4. The number of ether oxygens (including phenoxy) is 1. The zero-order valence-corrected chi connectivity index (χ0v) is 14.1. The highest BCUT2D eigenvalue weighted by Gasteiger charge is 2.13. The minimum Gasteiger partial charge on any atom is -0.466 e. The molecule has 0 fully saturated rings. The molecule has 22 heavy (non-hydrogen) atoms. The van der Waals surface area contributed by atoms with Gasteiger partial charge in [-0.15, -0.1) is 0 Å². The Kier molecular flexibility index (Phi) is 5.27. The SMILES string of the molecule is COC(=O)/C=C/c1c(C)nn(Cc2c(Cl)cccc2Cl)c1C. The highest BCUT2D eigenvalue weighted by molar-refractivity contribution is 6.35. The summed E-state index contributed by atoms with van der Waals surface area (Å²) in [5.41, 5.74) is 3.45. The molecule has 0 amide bonds. The van der Waals surface area contributed by atoms with E-state index in [1.807, 2.05) is 18.5 Å². The van der Waals surface area contributed by atoms with E-state index in [1.54, 1.807) is 24.3 Å². The molecule has 2 aromatic rings. The Labute approximate surface area is 139 Å².